The Kier molecular flexibility index (Phi) is 4.85. The monoisotopic (exact) mass is 346 g/mol. The van der Waals surface area contributed by atoms with Crippen molar-refractivity contribution in [3.63, 3.8) is 0 Å². The number of aromatic nitrogens is 1. The van der Waals surface area contributed by atoms with Crippen molar-refractivity contribution >= 4 is 5.91 Å². The zero-order chi connectivity index (χ0) is 18.0. The molecule has 1 amide bonds. The highest BCUT2D eigenvalue weighted by atomic mass is 19.1. The molecule has 1 aromatic carbocycles. The second kappa shape index (κ2) is 7.06. The molecule has 1 heterocycles. The van der Waals surface area contributed by atoms with E-state index in [-0.39, 0.29) is 17.2 Å². The normalized spacial score (nSPS) is 20.4. The zero-order valence-corrected chi connectivity index (χ0v) is 13.6. The van der Waals surface area contributed by atoms with Crippen LogP contribution in [0.4, 0.5) is 4.39 Å². The van der Waals surface area contributed by atoms with Crippen LogP contribution in [-0.4, -0.2) is 34.3 Å². The summed E-state index contributed by atoms with van der Waals surface area (Å²) in [5.41, 5.74) is 0.512. The van der Waals surface area contributed by atoms with Crippen molar-refractivity contribution < 1.29 is 24.1 Å². The van der Waals surface area contributed by atoms with E-state index in [0.29, 0.717) is 18.7 Å². The molecule has 7 heteroatoms. The van der Waals surface area contributed by atoms with Crippen LogP contribution in [0.15, 0.2) is 36.5 Å². The number of amides is 1. The van der Waals surface area contributed by atoms with E-state index >= 15 is 0 Å². The van der Waals surface area contributed by atoms with Crippen LogP contribution in [0.2, 0.25) is 0 Å². The van der Waals surface area contributed by atoms with Gasteiger partial charge in [0.1, 0.15) is 11.6 Å². The SMILES string of the molecule is COc1ccc(C(NC(=O)c2cc(O)ccc2F)C2CC(O)C2)cn1. The standard InChI is InChI=1S/C18H19FN2O4/c1-25-16-5-2-10(9-20-16)17(11-6-13(23)7-11)21-18(24)14-8-12(22)3-4-15(14)19/h2-5,8-9,11,13,17,22-23H,6-7H2,1H3,(H,21,24). The Hall–Kier alpha value is -2.67. The number of carbonyl (C=O) groups is 1. The first-order chi connectivity index (χ1) is 12.0. The van der Waals surface area contributed by atoms with Gasteiger partial charge in [0.2, 0.25) is 5.88 Å². The third kappa shape index (κ3) is 3.71. The Labute approximate surface area is 144 Å². The number of rotatable bonds is 5. The molecule has 1 atom stereocenters. The molecule has 1 fully saturated rings. The largest absolute Gasteiger partial charge is 0.508 e. The molecular weight excluding hydrogens is 327 g/mol. The van der Waals surface area contributed by atoms with Crippen molar-refractivity contribution in [3.8, 4) is 11.6 Å². The summed E-state index contributed by atoms with van der Waals surface area (Å²) < 4.78 is 18.9. The van der Waals surface area contributed by atoms with Gasteiger partial charge in [-0.25, -0.2) is 9.37 Å². The molecule has 0 bridgehead atoms. The number of aliphatic hydroxyl groups is 1. The minimum atomic E-state index is -0.712. The number of aromatic hydroxyl groups is 1. The molecule has 1 saturated carbocycles. The third-order valence-electron chi connectivity index (χ3n) is 4.43. The Morgan fingerprint density at radius 2 is 2.12 bits per heavy atom. The summed E-state index contributed by atoms with van der Waals surface area (Å²) in [6.07, 6.45) is 2.28. The highest BCUT2D eigenvalue weighted by Gasteiger charge is 2.36. The minimum absolute atomic E-state index is 0.0227. The Morgan fingerprint density at radius 1 is 1.36 bits per heavy atom. The van der Waals surface area contributed by atoms with Crippen LogP contribution in [0.1, 0.15) is 34.8 Å². The second-order valence-electron chi connectivity index (χ2n) is 6.13. The lowest BCUT2D eigenvalue weighted by Gasteiger charge is -2.38. The van der Waals surface area contributed by atoms with Crippen LogP contribution >= 0.6 is 0 Å². The van der Waals surface area contributed by atoms with Crippen molar-refractivity contribution in [2.45, 2.75) is 25.0 Å². The van der Waals surface area contributed by atoms with Gasteiger partial charge in [-0.2, -0.15) is 0 Å². The van der Waals surface area contributed by atoms with Crippen molar-refractivity contribution in [2.24, 2.45) is 5.92 Å². The van der Waals surface area contributed by atoms with Gasteiger partial charge in [0.15, 0.2) is 0 Å². The number of hydrogen-bond acceptors (Lipinski definition) is 5. The van der Waals surface area contributed by atoms with Crippen molar-refractivity contribution in [3.05, 3.63) is 53.5 Å². The van der Waals surface area contributed by atoms with Gasteiger partial charge in [-0.1, -0.05) is 6.07 Å². The number of aliphatic hydroxyl groups excluding tert-OH is 1. The predicted octanol–water partition coefficient (Wildman–Crippen LogP) is 2.18. The molecular formula is C18H19FN2O4. The predicted molar refractivity (Wildman–Crippen MR) is 87.8 cm³/mol. The van der Waals surface area contributed by atoms with Crippen LogP contribution in [0, 0.1) is 11.7 Å². The van der Waals surface area contributed by atoms with Crippen LogP contribution in [0.5, 0.6) is 11.6 Å². The van der Waals surface area contributed by atoms with Gasteiger partial charge in [-0.05, 0) is 42.5 Å². The van der Waals surface area contributed by atoms with Gasteiger partial charge in [0.05, 0.1) is 24.8 Å². The lowest BCUT2D eigenvalue weighted by molar-refractivity contribution is 0.0234. The van der Waals surface area contributed by atoms with Gasteiger partial charge in [-0.15, -0.1) is 0 Å². The molecule has 0 spiro atoms. The number of hydrogen-bond donors (Lipinski definition) is 3. The number of pyridine rings is 1. The van der Waals surface area contributed by atoms with Gasteiger partial charge in [0, 0.05) is 12.3 Å². The average molecular weight is 346 g/mol. The van der Waals surface area contributed by atoms with Gasteiger partial charge in [-0.3, -0.25) is 4.79 Å². The maximum atomic E-state index is 13.9. The summed E-state index contributed by atoms with van der Waals surface area (Å²) in [5.74, 6) is -1.06. The van der Waals surface area contributed by atoms with Gasteiger partial charge < -0.3 is 20.3 Å². The average Bonchev–Trinajstić information content (AvgIpc) is 2.59. The van der Waals surface area contributed by atoms with Crippen LogP contribution in [-0.2, 0) is 0 Å². The maximum absolute atomic E-state index is 13.9. The number of nitrogens with one attached hydrogen (secondary N) is 1. The van der Waals surface area contributed by atoms with E-state index < -0.39 is 23.9 Å². The van der Waals surface area contributed by atoms with Crippen LogP contribution in [0.25, 0.3) is 0 Å². The first-order valence-electron chi connectivity index (χ1n) is 7.95. The first kappa shape index (κ1) is 17.2. The fourth-order valence-corrected chi connectivity index (χ4v) is 2.98. The summed E-state index contributed by atoms with van der Waals surface area (Å²) in [5, 5.41) is 21.9. The molecule has 0 radical (unpaired) electrons. The highest BCUT2D eigenvalue weighted by molar-refractivity contribution is 5.95. The van der Waals surface area contributed by atoms with E-state index in [1.807, 2.05) is 0 Å². The summed E-state index contributed by atoms with van der Waals surface area (Å²) >= 11 is 0. The number of phenols is 1. The molecule has 3 rings (SSSR count). The quantitative estimate of drug-likeness (QED) is 0.772. The minimum Gasteiger partial charge on any atom is -0.508 e. The first-order valence-corrected chi connectivity index (χ1v) is 7.95. The van der Waals surface area contributed by atoms with Crippen LogP contribution in [0.3, 0.4) is 0 Å². The molecule has 1 unspecified atom stereocenters. The van der Waals surface area contributed by atoms with Crippen molar-refractivity contribution in [1.29, 1.82) is 0 Å². The van der Waals surface area contributed by atoms with Gasteiger partial charge >= 0.3 is 0 Å². The van der Waals surface area contributed by atoms with E-state index in [2.05, 4.69) is 10.3 Å². The highest BCUT2D eigenvalue weighted by Crippen LogP contribution is 2.38. The number of ether oxygens (including phenoxy) is 1. The number of phenolic OH excluding ortho intramolecular Hbond substituents is 1. The Morgan fingerprint density at radius 3 is 2.72 bits per heavy atom. The summed E-state index contributed by atoms with van der Waals surface area (Å²) in [7, 11) is 1.51. The molecule has 0 saturated heterocycles. The maximum Gasteiger partial charge on any atom is 0.254 e. The fraction of sp³-hybridized carbons (Fsp3) is 0.333. The lowest BCUT2D eigenvalue weighted by Crippen LogP contribution is -2.41. The Balaban J connectivity index is 1.84. The van der Waals surface area contributed by atoms with E-state index in [1.165, 1.54) is 13.2 Å². The molecule has 1 aliphatic rings. The van der Waals surface area contributed by atoms with Crippen molar-refractivity contribution in [2.75, 3.05) is 7.11 Å². The van der Waals surface area contributed by atoms with Crippen molar-refractivity contribution in [1.82, 2.24) is 10.3 Å². The molecule has 2 aromatic rings. The van der Waals surface area contributed by atoms with E-state index in [1.54, 1.807) is 18.3 Å². The molecule has 3 N–H and O–H groups in total. The summed E-state index contributed by atoms with van der Waals surface area (Å²) in [6, 6.07) is 6.35. The number of methoxy groups -OCH3 is 1. The van der Waals surface area contributed by atoms with Crippen LogP contribution < -0.4 is 10.1 Å². The van der Waals surface area contributed by atoms with E-state index in [9.17, 15) is 19.4 Å². The molecule has 1 aromatic heterocycles. The lowest BCUT2D eigenvalue weighted by atomic mass is 9.75. The molecule has 6 nitrogen and oxygen atoms in total. The molecule has 25 heavy (non-hydrogen) atoms. The molecule has 1 aliphatic carbocycles. The number of benzene rings is 1. The second-order valence-corrected chi connectivity index (χ2v) is 6.13. The van der Waals surface area contributed by atoms with Gasteiger partial charge in [0.25, 0.3) is 5.91 Å². The topological polar surface area (TPSA) is 91.7 Å². The fourth-order valence-electron chi connectivity index (χ4n) is 2.98. The summed E-state index contributed by atoms with van der Waals surface area (Å²) in [4.78, 5) is 16.6. The molecule has 0 aliphatic heterocycles. The zero-order valence-electron chi connectivity index (χ0n) is 13.6. The number of nitrogens with zero attached hydrogens (tertiary/aromatic N) is 1. The molecule has 132 valence electrons. The smallest absolute Gasteiger partial charge is 0.254 e. The third-order valence-corrected chi connectivity index (χ3v) is 4.43. The number of carbonyl (C=O) groups excluding carboxylic acids is 1. The van der Waals surface area contributed by atoms with E-state index in [0.717, 1.165) is 17.7 Å². The van der Waals surface area contributed by atoms with E-state index in [4.69, 9.17) is 4.74 Å². The Bertz CT molecular complexity index is 760. The summed E-state index contributed by atoms with van der Waals surface area (Å²) in [6.45, 7) is 0. The number of halogens is 1.